The van der Waals surface area contributed by atoms with E-state index < -0.39 is 5.91 Å². The number of carbonyl (C=O) groups excluding carboxylic acids is 1. The van der Waals surface area contributed by atoms with Crippen molar-refractivity contribution in [2.75, 3.05) is 13.2 Å². The van der Waals surface area contributed by atoms with Crippen molar-refractivity contribution in [3.8, 4) is 11.5 Å². The minimum Gasteiger partial charge on any atom is -0.490 e. The number of benzene rings is 2. The molecule has 10 heteroatoms. The number of thioether (sulfide) groups is 1. The van der Waals surface area contributed by atoms with Crippen LogP contribution in [0, 0.1) is 19.3 Å². The Bertz CT molecular complexity index is 1490. The highest BCUT2D eigenvalue weighted by Gasteiger charge is 2.36. The van der Waals surface area contributed by atoms with E-state index in [0.29, 0.717) is 39.8 Å². The number of aromatic nitrogens is 1. The Kier molecular flexibility index (Phi) is 7.07. The van der Waals surface area contributed by atoms with Gasteiger partial charge < -0.3 is 9.47 Å². The van der Waals surface area contributed by atoms with E-state index in [-0.39, 0.29) is 11.4 Å². The zero-order chi connectivity index (χ0) is 25.9. The van der Waals surface area contributed by atoms with Crippen LogP contribution in [0.1, 0.15) is 22.3 Å². The van der Waals surface area contributed by atoms with Crippen molar-refractivity contribution in [1.82, 2.24) is 9.99 Å². The lowest BCUT2D eigenvalue weighted by atomic mass is 10.1. The zero-order valence-corrected chi connectivity index (χ0v) is 21.6. The molecule has 0 atom stereocenters. The number of hydrazone groups is 1. The first-order valence-corrected chi connectivity index (χ1v) is 12.6. The van der Waals surface area contributed by atoms with Crippen molar-refractivity contribution in [3.05, 3.63) is 93.8 Å². The van der Waals surface area contributed by atoms with Gasteiger partial charge in [-0.05, 0) is 78.7 Å². The zero-order valence-electron chi connectivity index (χ0n) is 20.1. The molecule has 37 heavy (non-hydrogen) atoms. The molecule has 0 unspecified atom stereocenters. The first-order valence-electron chi connectivity index (χ1n) is 11.4. The average molecular weight is 532 g/mol. The van der Waals surface area contributed by atoms with Crippen LogP contribution in [-0.4, -0.2) is 45.2 Å². The summed E-state index contributed by atoms with van der Waals surface area (Å²) in [5, 5.41) is 15.7. The van der Waals surface area contributed by atoms with Crippen LogP contribution >= 0.6 is 23.4 Å². The van der Waals surface area contributed by atoms with Gasteiger partial charge in [-0.15, -0.1) is 0 Å². The number of halogens is 1. The first-order chi connectivity index (χ1) is 17.9. The molecule has 1 aromatic heterocycles. The van der Waals surface area contributed by atoms with Crippen molar-refractivity contribution in [2.45, 2.75) is 13.8 Å². The number of fused-ring (bicyclic) bond motifs is 1. The fourth-order valence-electron chi connectivity index (χ4n) is 3.65. The molecule has 2 aliphatic heterocycles. The number of aliphatic imine (C=N–C) groups is 1. The molecular formula is C27H22ClN5O3S. The van der Waals surface area contributed by atoms with Crippen LogP contribution in [0.15, 0.2) is 76.6 Å². The van der Waals surface area contributed by atoms with Gasteiger partial charge in [-0.1, -0.05) is 29.8 Å². The maximum Gasteiger partial charge on any atom is 0.283 e. The molecule has 5 rings (SSSR count). The number of nitrogens with zero attached hydrogens (tertiary/aromatic N) is 4. The molecule has 0 saturated heterocycles. The van der Waals surface area contributed by atoms with Crippen LogP contribution in [0.5, 0.6) is 11.5 Å². The van der Waals surface area contributed by atoms with Crippen LogP contribution in [0.25, 0.3) is 6.08 Å². The number of pyridine rings is 1. The number of rotatable bonds is 7. The molecule has 0 aliphatic carbocycles. The van der Waals surface area contributed by atoms with E-state index in [0.717, 1.165) is 22.4 Å². The third kappa shape index (κ3) is 5.42. The normalized spacial score (nSPS) is 16.0. The number of amidine groups is 2. The third-order valence-electron chi connectivity index (χ3n) is 5.57. The molecule has 1 amide bonds. The van der Waals surface area contributed by atoms with Gasteiger partial charge in [0.05, 0.1) is 10.6 Å². The van der Waals surface area contributed by atoms with Gasteiger partial charge in [0.1, 0.15) is 29.8 Å². The van der Waals surface area contributed by atoms with Gasteiger partial charge in [0.25, 0.3) is 5.91 Å². The number of nitrogens with one attached hydrogen (secondary N) is 1. The summed E-state index contributed by atoms with van der Waals surface area (Å²) >= 11 is 7.66. The predicted molar refractivity (Wildman–Crippen MR) is 147 cm³/mol. The van der Waals surface area contributed by atoms with Gasteiger partial charge in [-0.3, -0.25) is 15.2 Å². The summed E-state index contributed by atoms with van der Waals surface area (Å²) in [5.74, 6) is 0.767. The van der Waals surface area contributed by atoms with Crippen LogP contribution in [0.3, 0.4) is 0 Å². The highest BCUT2D eigenvalue weighted by Crippen LogP contribution is 2.32. The van der Waals surface area contributed by atoms with Gasteiger partial charge in [0.15, 0.2) is 5.84 Å². The number of amides is 1. The number of ether oxygens (including phenoxy) is 2. The van der Waals surface area contributed by atoms with E-state index in [1.807, 2.05) is 38.1 Å². The minimum absolute atomic E-state index is 0.0542. The predicted octanol–water partition coefficient (Wildman–Crippen LogP) is 5.48. The smallest absolute Gasteiger partial charge is 0.283 e. The van der Waals surface area contributed by atoms with E-state index in [4.69, 9.17) is 26.5 Å². The largest absolute Gasteiger partial charge is 0.490 e. The van der Waals surface area contributed by atoms with Crippen molar-refractivity contribution >= 4 is 51.4 Å². The molecular weight excluding hydrogens is 510 g/mol. The van der Waals surface area contributed by atoms with E-state index in [1.54, 1.807) is 42.7 Å². The van der Waals surface area contributed by atoms with E-state index in [9.17, 15) is 4.79 Å². The Morgan fingerprint density at radius 2 is 1.89 bits per heavy atom. The summed E-state index contributed by atoms with van der Waals surface area (Å²) in [6.07, 6.45) is 4.92. The summed E-state index contributed by atoms with van der Waals surface area (Å²) in [4.78, 5) is 20.9. The van der Waals surface area contributed by atoms with Gasteiger partial charge in [0, 0.05) is 18.0 Å². The van der Waals surface area contributed by atoms with Crippen LogP contribution in [-0.2, 0) is 4.79 Å². The standard InChI is InChI=1S/C27H22ClN5O3S/c1-16-5-6-17(2)23(12-16)36-11-10-35-22-8-7-18(14-21(22)28)13-20-24(29)33-27(31-25(20)34)37-26(32-33)19-4-3-9-30-15-19/h3-9,12-15,29H,10-11H2,1-2H3. The lowest BCUT2D eigenvalue weighted by Crippen LogP contribution is -2.35. The lowest BCUT2D eigenvalue weighted by Gasteiger charge is -2.20. The SMILES string of the molecule is Cc1ccc(C)c(OCCOc2ccc(C=C3C(=N)N4N=C(c5cccnc5)SC4=NC3=O)cc2Cl)c1. The van der Waals surface area contributed by atoms with Crippen LogP contribution < -0.4 is 9.47 Å². The maximum absolute atomic E-state index is 12.7. The molecule has 0 bridgehead atoms. The highest BCUT2D eigenvalue weighted by molar-refractivity contribution is 8.27. The molecule has 0 fully saturated rings. The minimum atomic E-state index is -0.508. The van der Waals surface area contributed by atoms with Crippen molar-refractivity contribution in [2.24, 2.45) is 10.1 Å². The Labute approximate surface area is 223 Å². The number of hydrogen-bond acceptors (Lipinski definition) is 7. The number of aryl methyl sites for hydroxylation is 2. The molecule has 2 aromatic carbocycles. The molecule has 0 radical (unpaired) electrons. The Hall–Kier alpha value is -3.95. The van der Waals surface area contributed by atoms with E-state index >= 15 is 0 Å². The van der Waals surface area contributed by atoms with Gasteiger partial charge in [-0.2, -0.15) is 15.1 Å². The summed E-state index contributed by atoms with van der Waals surface area (Å²) in [6.45, 7) is 4.70. The Morgan fingerprint density at radius 3 is 2.65 bits per heavy atom. The first kappa shape index (κ1) is 24.7. The molecule has 186 valence electrons. The van der Waals surface area contributed by atoms with Gasteiger partial charge in [0.2, 0.25) is 5.17 Å². The summed E-state index contributed by atoms with van der Waals surface area (Å²) in [6, 6.07) is 14.9. The van der Waals surface area contributed by atoms with Crippen molar-refractivity contribution in [1.29, 1.82) is 5.41 Å². The Balaban J connectivity index is 1.25. The van der Waals surface area contributed by atoms with E-state index in [2.05, 4.69) is 15.1 Å². The molecule has 3 heterocycles. The molecule has 3 aromatic rings. The summed E-state index contributed by atoms with van der Waals surface area (Å²) in [5.41, 5.74) is 3.74. The average Bonchev–Trinajstić information content (AvgIpc) is 3.32. The van der Waals surface area contributed by atoms with E-state index in [1.165, 1.54) is 16.8 Å². The van der Waals surface area contributed by atoms with Gasteiger partial charge in [-0.25, -0.2) is 0 Å². The topological polar surface area (TPSA) is 100 Å². The van der Waals surface area contributed by atoms with Crippen LogP contribution in [0.4, 0.5) is 0 Å². The molecule has 0 saturated carbocycles. The van der Waals surface area contributed by atoms with Crippen molar-refractivity contribution in [3.63, 3.8) is 0 Å². The second-order valence-electron chi connectivity index (χ2n) is 8.32. The Morgan fingerprint density at radius 1 is 1.08 bits per heavy atom. The fraction of sp³-hybridized carbons (Fsp3) is 0.148. The lowest BCUT2D eigenvalue weighted by molar-refractivity contribution is -0.114. The van der Waals surface area contributed by atoms with Crippen molar-refractivity contribution < 1.29 is 14.3 Å². The summed E-state index contributed by atoms with van der Waals surface area (Å²) in [7, 11) is 0. The van der Waals surface area contributed by atoms with Gasteiger partial charge >= 0.3 is 0 Å². The molecule has 8 nitrogen and oxygen atoms in total. The molecule has 0 spiro atoms. The number of hydrogen-bond donors (Lipinski definition) is 1. The van der Waals surface area contributed by atoms with Crippen LogP contribution in [0.2, 0.25) is 5.02 Å². The quantitative estimate of drug-likeness (QED) is 0.320. The number of carbonyl (C=O) groups is 1. The highest BCUT2D eigenvalue weighted by atomic mass is 35.5. The summed E-state index contributed by atoms with van der Waals surface area (Å²) < 4.78 is 11.6. The maximum atomic E-state index is 12.7. The second-order valence-corrected chi connectivity index (χ2v) is 9.69. The third-order valence-corrected chi connectivity index (χ3v) is 6.82. The second kappa shape index (κ2) is 10.6. The molecule has 1 N–H and O–H groups in total. The molecule has 2 aliphatic rings. The fourth-order valence-corrected chi connectivity index (χ4v) is 4.78. The monoisotopic (exact) mass is 531 g/mol.